The topological polar surface area (TPSA) is 127 Å². The molecule has 1 aromatic rings. The van der Waals surface area contributed by atoms with Crippen LogP contribution in [0.15, 0.2) is 24.3 Å². The highest BCUT2D eigenvalue weighted by atomic mass is 32.2. The monoisotopic (exact) mass is 407 g/mol. The van der Waals surface area contributed by atoms with Gasteiger partial charge in [-0.15, -0.1) is 0 Å². The van der Waals surface area contributed by atoms with Gasteiger partial charge in [0.15, 0.2) is 9.84 Å². The van der Waals surface area contributed by atoms with Gasteiger partial charge in [-0.2, -0.15) is 8.78 Å². The maximum Gasteiger partial charge on any atom is 0.387 e. The second-order valence-electron chi connectivity index (χ2n) is 5.53. The minimum atomic E-state index is -3.85. The van der Waals surface area contributed by atoms with Crippen molar-refractivity contribution < 1.29 is 41.4 Å². The molecule has 0 saturated carbocycles. The summed E-state index contributed by atoms with van der Waals surface area (Å²) in [4.78, 5) is 33.8. The molecule has 0 saturated heterocycles. The Hall–Kier alpha value is -2.56. The Balaban J connectivity index is 2.70. The number of ketones is 1. The summed E-state index contributed by atoms with van der Waals surface area (Å²) in [6.07, 6.45) is -0.481. The third-order valence-corrected chi connectivity index (χ3v) is 5.05. The molecule has 0 radical (unpaired) electrons. The van der Waals surface area contributed by atoms with Gasteiger partial charge in [0.2, 0.25) is 5.91 Å². The maximum atomic E-state index is 12.4. The molecular formula is C16H19F2NO7S. The average molecular weight is 407 g/mol. The molecule has 0 unspecified atom stereocenters. The molecule has 0 spiro atoms. The third kappa shape index (κ3) is 7.69. The molecule has 0 bridgehead atoms. The highest BCUT2D eigenvalue weighted by Gasteiger charge is 2.25. The van der Waals surface area contributed by atoms with Gasteiger partial charge in [0.05, 0.1) is 17.5 Å². The van der Waals surface area contributed by atoms with Crippen molar-refractivity contribution >= 4 is 27.5 Å². The number of benzene rings is 1. The van der Waals surface area contributed by atoms with Crippen molar-refractivity contribution in [3.05, 3.63) is 29.8 Å². The van der Waals surface area contributed by atoms with Crippen LogP contribution in [-0.4, -0.2) is 49.6 Å². The lowest BCUT2D eigenvalue weighted by atomic mass is 10.1. The molecule has 27 heavy (non-hydrogen) atoms. The first-order valence-electron chi connectivity index (χ1n) is 7.85. The van der Waals surface area contributed by atoms with E-state index in [0.717, 1.165) is 0 Å². The number of alkyl halides is 2. The van der Waals surface area contributed by atoms with E-state index >= 15 is 0 Å². The Morgan fingerprint density at radius 1 is 1.22 bits per heavy atom. The Morgan fingerprint density at radius 2 is 1.85 bits per heavy atom. The molecular weight excluding hydrogens is 388 g/mol. The molecule has 1 amide bonds. The molecule has 0 heterocycles. The van der Waals surface area contributed by atoms with Gasteiger partial charge < -0.3 is 15.2 Å². The predicted octanol–water partition coefficient (Wildman–Crippen LogP) is 1.14. The summed E-state index contributed by atoms with van der Waals surface area (Å²) < 4.78 is 53.3. The predicted molar refractivity (Wildman–Crippen MR) is 90.0 cm³/mol. The van der Waals surface area contributed by atoms with Crippen LogP contribution >= 0.6 is 0 Å². The number of nitrogens with one attached hydrogen (secondary N) is 1. The Morgan fingerprint density at radius 3 is 2.41 bits per heavy atom. The summed E-state index contributed by atoms with van der Waals surface area (Å²) >= 11 is 0. The number of hydrogen-bond acceptors (Lipinski definition) is 6. The van der Waals surface area contributed by atoms with Crippen LogP contribution in [0.4, 0.5) is 8.78 Å². The summed E-state index contributed by atoms with van der Waals surface area (Å²) in [6.45, 7) is -1.62. The van der Waals surface area contributed by atoms with Crippen LogP contribution in [0.5, 0.6) is 5.75 Å². The number of carboxylic acid groups (broad SMARTS) is 1. The lowest BCUT2D eigenvalue weighted by molar-refractivity contribution is -0.150. The zero-order valence-electron chi connectivity index (χ0n) is 14.4. The normalized spacial score (nSPS) is 12.4. The smallest absolute Gasteiger partial charge is 0.387 e. The third-order valence-electron chi connectivity index (χ3n) is 3.47. The van der Waals surface area contributed by atoms with Gasteiger partial charge in [-0.05, 0) is 12.5 Å². The number of amides is 1. The van der Waals surface area contributed by atoms with Crippen molar-refractivity contribution in [2.24, 2.45) is 0 Å². The number of Topliss-reactive ketones (excluding diaryl/α,β-unsaturated/α-hetero) is 1. The molecule has 0 aliphatic rings. The number of halogens is 2. The number of aliphatic carboxylic acids is 1. The van der Waals surface area contributed by atoms with Crippen LogP contribution in [0, 0.1) is 0 Å². The summed E-state index contributed by atoms with van der Waals surface area (Å²) in [6, 6.07) is 4.13. The minimum absolute atomic E-state index is 0.0192. The molecule has 150 valence electrons. The lowest BCUT2D eigenvalue weighted by Gasteiger charge is -2.14. The standard InChI is InChI=1S/C16H19F2NO7S/c1-2-11(14(21)15(22)23)19-13(20)7-8-27(24,25)9-10-5-3-4-6-12(10)26-16(17)18/h3-6,11,16H,2,7-9H2,1H3,(H,19,20)(H,22,23)/t11-/m0/s1. The van der Waals surface area contributed by atoms with Crippen LogP contribution in [0.3, 0.4) is 0 Å². The molecule has 1 rings (SSSR count). The van der Waals surface area contributed by atoms with Crippen molar-refractivity contribution in [3.63, 3.8) is 0 Å². The first kappa shape index (κ1) is 22.5. The van der Waals surface area contributed by atoms with Crippen LogP contribution < -0.4 is 10.1 Å². The molecule has 1 atom stereocenters. The van der Waals surface area contributed by atoms with E-state index in [-0.39, 0.29) is 17.7 Å². The van der Waals surface area contributed by atoms with E-state index in [1.807, 2.05) is 0 Å². The summed E-state index contributed by atoms with van der Waals surface area (Å²) in [7, 11) is -3.85. The van der Waals surface area contributed by atoms with Crippen LogP contribution in [-0.2, 0) is 30.0 Å². The molecule has 8 nitrogen and oxygen atoms in total. The van der Waals surface area contributed by atoms with E-state index in [1.165, 1.54) is 31.2 Å². The zero-order chi connectivity index (χ0) is 20.6. The number of carbonyl (C=O) groups excluding carboxylic acids is 2. The van der Waals surface area contributed by atoms with Crippen molar-refractivity contribution in [1.29, 1.82) is 0 Å². The summed E-state index contributed by atoms with van der Waals surface area (Å²) in [5, 5.41) is 10.8. The molecule has 0 aliphatic carbocycles. The number of ether oxygens (including phenoxy) is 1. The van der Waals surface area contributed by atoms with E-state index in [2.05, 4.69) is 10.1 Å². The van der Waals surface area contributed by atoms with Crippen molar-refractivity contribution in [1.82, 2.24) is 5.32 Å². The van der Waals surface area contributed by atoms with Gasteiger partial charge in [-0.1, -0.05) is 25.1 Å². The van der Waals surface area contributed by atoms with Crippen molar-refractivity contribution in [3.8, 4) is 5.75 Å². The molecule has 1 aromatic carbocycles. The fourth-order valence-corrected chi connectivity index (χ4v) is 3.51. The highest BCUT2D eigenvalue weighted by molar-refractivity contribution is 7.90. The fourth-order valence-electron chi connectivity index (χ4n) is 2.16. The van der Waals surface area contributed by atoms with E-state index in [0.29, 0.717) is 0 Å². The molecule has 0 aliphatic heterocycles. The number of sulfone groups is 1. The Labute approximate surface area is 154 Å². The molecule has 0 fully saturated rings. The fraction of sp³-hybridized carbons (Fsp3) is 0.438. The van der Waals surface area contributed by atoms with Crippen LogP contribution in [0.2, 0.25) is 0 Å². The lowest BCUT2D eigenvalue weighted by Crippen LogP contribution is -2.43. The quantitative estimate of drug-likeness (QED) is 0.527. The number of hydrogen-bond donors (Lipinski definition) is 2. The number of carboxylic acids is 1. The number of rotatable bonds is 11. The van der Waals surface area contributed by atoms with Crippen molar-refractivity contribution in [2.45, 2.75) is 38.2 Å². The van der Waals surface area contributed by atoms with E-state index in [9.17, 15) is 31.6 Å². The second-order valence-corrected chi connectivity index (χ2v) is 7.71. The largest absolute Gasteiger partial charge is 0.475 e. The minimum Gasteiger partial charge on any atom is -0.475 e. The van der Waals surface area contributed by atoms with Gasteiger partial charge in [0.1, 0.15) is 5.75 Å². The van der Waals surface area contributed by atoms with Gasteiger partial charge in [-0.3, -0.25) is 9.59 Å². The maximum absolute atomic E-state index is 12.4. The molecule has 11 heteroatoms. The second kappa shape index (κ2) is 9.95. The van der Waals surface area contributed by atoms with Gasteiger partial charge in [-0.25, -0.2) is 13.2 Å². The van der Waals surface area contributed by atoms with Crippen LogP contribution in [0.25, 0.3) is 0 Å². The molecule has 2 N–H and O–H groups in total. The van der Waals surface area contributed by atoms with Gasteiger partial charge in [0, 0.05) is 12.0 Å². The van der Waals surface area contributed by atoms with Crippen LogP contribution in [0.1, 0.15) is 25.3 Å². The highest BCUT2D eigenvalue weighted by Crippen LogP contribution is 2.22. The van der Waals surface area contributed by atoms with Gasteiger partial charge >= 0.3 is 12.6 Å². The summed E-state index contributed by atoms with van der Waals surface area (Å²) in [5.41, 5.74) is 0.0192. The van der Waals surface area contributed by atoms with E-state index < -0.39 is 58.1 Å². The Bertz CT molecular complexity index is 796. The zero-order valence-corrected chi connectivity index (χ0v) is 15.2. The van der Waals surface area contributed by atoms with E-state index in [1.54, 1.807) is 0 Å². The molecule has 0 aromatic heterocycles. The summed E-state index contributed by atoms with van der Waals surface area (Å²) in [5.74, 6) is -5.22. The van der Waals surface area contributed by atoms with E-state index in [4.69, 9.17) is 5.11 Å². The number of carbonyl (C=O) groups is 3. The SMILES string of the molecule is CC[C@H](NC(=O)CCS(=O)(=O)Cc1ccccc1OC(F)F)C(=O)C(=O)O. The number of para-hydroxylation sites is 1. The van der Waals surface area contributed by atoms with Gasteiger partial charge in [0.25, 0.3) is 5.78 Å². The van der Waals surface area contributed by atoms with Crippen molar-refractivity contribution in [2.75, 3.05) is 5.75 Å². The Kier molecular flexibility index (Phi) is 8.29. The first-order valence-corrected chi connectivity index (χ1v) is 9.67. The average Bonchev–Trinajstić information content (AvgIpc) is 2.58. The first-order chi connectivity index (χ1) is 12.6.